The van der Waals surface area contributed by atoms with Crippen molar-refractivity contribution < 1.29 is 9.90 Å². The third-order valence-corrected chi connectivity index (χ3v) is 2.42. The van der Waals surface area contributed by atoms with Crippen molar-refractivity contribution in [2.75, 3.05) is 20.1 Å². The monoisotopic (exact) mass is 216 g/mol. The SMILES string of the molecule is CCCCNC(=O)C(C)N(C)CC(C)O. The Morgan fingerprint density at radius 3 is 2.53 bits per heavy atom. The van der Waals surface area contributed by atoms with Gasteiger partial charge in [-0.05, 0) is 27.3 Å². The van der Waals surface area contributed by atoms with Crippen LogP contribution in [0.15, 0.2) is 0 Å². The number of carbonyl (C=O) groups is 1. The number of nitrogens with zero attached hydrogens (tertiary/aromatic N) is 1. The zero-order chi connectivity index (χ0) is 11.8. The van der Waals surface area contributed by atoms with Crippen LogP contribution in [0.2, 0.25) is 0 Å². The van der Waals surface area contributed by atoms with E-state index in [1.54, 1.807) is 6.92 Å². The smallest absolute Gasteiger partial charge is 0.237 e. The van der Waals surface area contributed by atoms with Crippen molar-refractivity contribution in [1.82, 2.24) is 10.2 Å². The van der Waals surface area contributed by atoms with E-state index in [1.165, 1.54) is 0 Å². The van der Waals surface area contributed by atoms with E-state index in [0.717, 1.165) is 19.4 Å². The summed E-state index contributed by atoms with van der Waals surface area (Å²) in [6, 6.07) is -0.184. The summed E-state index contributed by atoms with van der Waals surface area (Å²) in [5, 5.41) is 12.1. The van der Waals surface area contributed by atoms with E-state index in [1.807, 2.05) is 18.9 Å². The summed E-state index contributed by atoms with van der Waals surface area (Å²) >= 11 is 0. The average Bonchev–Trinajstić information content (AvgIpc) is 2.15. The predicted molar refractivity (Wildman–Crippen MR) is 61.7 cm³/mol. The van der Waals surface area contributed by atoms with Gasteiger partial charge in [0.05, 0.1) is 12.1 Å². The summed E-state index contributed by atoms with van der Waals surface area (Å²) in [4.78, 5) is 13.5. The van der Waals surface area contributed by atoms with Crippen molar-refractivity contribution in [2.24, 2.45) is 0 Å². The number of amides is 1. The largest absolute Gasteiger partial charge is 0.392 e. The van der Waals surface area contributed by atoms with E-state index in [4.69, 9.17) is 0 Å². The molecule has 2 N–H and O–H groups in total. The highest BCUT2D eigenvalue weighted by Gasteiger charge is 2.18. The van der Waals surface area contributed by atoms with Gasteiger partial charge in [0, 0.05) is 13.1 Å². The van der Waals surface area contributed by atoms with E-state index in [0.29, 0.717) is 6.54 Å². The minimum atomic E-state index is -0.402. The lowest BCUT2D eigenvalue weighted by Gasteiger charge is -2.24. The van der Waals surface area contributed by atoms with Gasteiger partial charge in [-0.1, -0.05) is 13.3 Å². The Balaban J connectivity index is 3.85. The van der Waals surface area contributed by atoms with Crippen LogP contribution in [0.4, 0.5) is 0 Å². The molecule has 4 nitrogen and oxygen atoms in total. The first kappa shape index (κ1) is 14.4. The molecule has 0 aliphatic carbocycles. The number of hydrogen-bond acceptors (Lipinski definition) is 3. The highest BCUT2D eigenvalue weighted by molar-refractivity contribution is 5.81. The van der Waals surface area contributed by atoms with Gasteiger partial charge in [0.2, 0.25) is 5.91 Å². The molecule has 2 atom stereocenters. The van der Waals surface area contributed by atoms with Gasteiger partial charge in [0.1, 0.15) is 0 Å². The number of hydrogen-bond donors (Lipinski definition) is 2. The van der Waals surface area contributed by atoms with E-state index in [2.05, 4.69) is 12.2 Å². The molecule has 4 heteroatoms. The molecule has 0 spiro atoms. The maximum Gasteiger partial charge on any atom is 0.237 e. The van der Waals surface area contributed by atoms with Gasteiger partial charge in [-0.2, -0.15) is 0 Å². The van der Waals surface area contributed by atoms with Gasteiger partial charge in [0.25, 0.3) is 0 Å². The third-order valence-electron chi connectivity index (χ3n) is 2.42. The van der Waals surface area contributed by atoms with Crippen LogP contribution in [0, 0.1) is 0 Å². The lowest BCUT2D eigenvalue weighted by molar-refractivity contribution is -0.125. The van der Waals surface area contributed by atoms with E-state index < -0.39 is 6.10 Å². The van der Waals surface area contributed by atoms with Crippen LogP contribution >= 0.6 is 0 Å². The lowest BCUT2D eigenvalue weighted by atomic mass is 10.2. The fourth-order valence-corrected chi connectivity index (χ4v) is 1.31. The van der Waals surface area contributed by atoms with Crippen molar-refractivity contribution >= 4 is 5.91 Å². The Bertz CT molecular complexity index is 183. The van der Waals surface area contributed by atoms with Crippen LogP contribution < -0.4 is 5.32 Å². The summed E-state index contributed by atoms with van der Waals surface area (Å²) in [5.74, 6) is 0.0339. The van der Waals surface area contributed by atoms with Gasteiger partial charge >= 0.3 is 0 Å². The summed E-state index contributed by atoms with van der Waals surface area (Å²) in [6.45, 7) is 6.92. The number of carbonyl (C=O) groups excluding carboxylic acids is 1. The fourth-order valence-electron chi connectivity index (χ4n) is 1.31. The molecule has 0 fully saturated rings. The minimum Gasteiger partial charge on any atom is -0.392 e. The van der Waals surface area contributed by atoms with Crippen molar-refractivity contribution in [2.45, 2.75) is 45.8 Å². The molecule has 0 aromatic heterocycles. The number of aliphatic hydroxyl groups excluding tert-OH is 1. The molecule has 0 aliphatic rings. The van der Waals surface area contributed by atoms with Crippen LogP contribution in [0.5, 0.6) is 0 Å². The quantitative estimate of drug-likeness (QED) is 0.613. The topological polar surface area (TPSA) is 52.6 Å². The maximum absolute atomic E-state index is 11.6. The predicted octanol–water partition coefficient (Wildman–Crippen LogP) is 0.604. The molecule has 0 radical (unpaired) electrons. The maximum atomic E-state index is 11.6. The second-order valence-electron chi connectivity index (χ2n) is 4.11. The minimum absolute atomic E-state index is 0.0339. The van der Waals surface area contributed by atoms with Gasteiger partial charge in [-0.15, -0.1) is 0 Å². The first-order valence-corrected chi connectivity index (χ1v) is 5.65. The standard InChI is InChI=1S/C11H24N2O2/c1-5-6-7-12-11(15)10(3)13(4)8-9(2)14/h9-10,14H,5-8H2,1-4H3,(H,12,15). The lowest BCUT2D eigenvalue weighted by Crippen LogP contribution is -2.45. The van der Waals surface area contributed by atoms with Crippen molar-refractivity contribution in [3.63, 3.8) is 0 Å². The zero-order valence-electron chi connectivity index (χ0n) is 10.3. The van der Waals surface area contributed by atoms with Crippen LogP contribution in [0.1, 0.15) is 33.6 Å². The second kappa shape index (κ2) is 7.65. The van der Waals surface area contributed by atoms with Gasteiger partial charge < -0.3 is 10.4 Å². The molecular weight excluding hydrogens is 192 g/mol. The Morgan fingerprint density at radius 2 is 2.07 bits per heavy atom. The fraction of sp³-hybridized carbons (Fsp3) is 0.909. The molecule has 0 heterocycles. The first-order chi connectivity index (χ1) is 6.99. The van der Waals surface area contributed by atoms with Crippen LogP contribution in [-0.4, -0.2) is 48.2 Å². The Hall–Kier alpha value is -0.610. The van der Waals surface area contributed by atoms with Crippen molar-refractivity contribution in [3.8, 4) is 0 Å². The molecule has 90 valence electrons. The number of aliphatic hydroxyl groups is 1. The molecule has 2 unspecified atom stereocenters. The van der Waals surface area contributed by atoms with Crippen molar-refractivity contribution in [3.05, 3.63) is 0 Å². The molecule has 1 amide bonds. The highest BCUT2D eigenvalue weighted by atomic mass is 16.3. The van der Waals surface area contributed by atoms with Gasteiger partial charge in [0.15, 0.2) is 0 Å². The zero-order valence-corrected chi connectivity index (χ0v) is 10.3. The molecule has 0 saturated heterocycles. The summed E-state index contributed by atoms with van der Waals surface area (Å²) in [6.07, 6.45) is 1.69. The van der Waals surface area contributed by atoms with E-state index >= 15 is 0 Å². The van der Waals surface area contributed by atoms with Crippen LogP contribution in [0.3, 0.4) is 0 Å². The van der Waals surface area contributed by atoms with E-state index in [-0.39, 0.29) is 11.9 Å². The second-order valence-corrected chi connectivity index (χ2v) is 4.11. The molecule has 0 aromatic carbocycles. The Kier molecular flexibility index (Phi) is 7.34. The normalized spacial score (nSPS) is 15.1. The van der Waals surface area contributed by atoms with Gasteiger partial charge in [-0.25, -0.2) is 0 Å². The molecule has 0 aromatic rings. The summed E-state index contributed by atoms with van der Waals surface area (Å²) < 4.78 is 0. The summed E-state index contributed by atoms with van der Waals surface area (Å²) in [5.41, 5.74) is 0. The van der Waals surface area contributed by atoms with E-state index in [9.17, 15) is 9.90 Å². The average molecular weight is 216 g/mol. The van der Waals surface area contributed by atoms with Gasteiger partial charge in [-0.3, -0.25) is 9.69 Å². The number of likely N-dealkylation sites (N-methyl/N-ethyl adjacent to an activating group) is 1. The molecule has 0 saturated carbocycles. The third kappa shape index (κ3) is 6.47. The summed E-state index contributed by atoms with van der Waals surface area (Å²) in [7, 11) is 1.84. The molecule has 15 heavy (non-hydrogen) atoms. The Morgan fingerprint density at radius 1 is 1.47 bits per heavy atom. The van der Waals surface area contributed by atoms with Crippen LogP contribution in [-0.2, 0) is 4.79 Å². The Labute approximate surface area is 92.7 Å². The number of rotatable bonds is 7. The number of nitrogens with one attached hydrogen (secondary N) is 1. The van der Waals surface area contributed by atoms with Crippen LogP contribution in [0.25, 0.3) is 0 Å². The molecular formula is C11H24N2O2. The molecule has 0 aliphatic heterocycles. The van der Waals surface area contributed by atoms with Crippen molar-refractivity contribution in [1.29, 1.82) is 0 Å². The number of unbranched alkanes of at least 4 members (excludes halogenated alkanes) is 1. The molecule has 0 rings (SSSR count). The molecule has 0 bridgehead atoms. The first-order valence-electron chi connectivity index (χ1n) is 5.65. The highest BCUT2D eigenvalue weighted by Crippen LogP contribution is 1.97.